The highest BCUT2D eigenvalue weighted by atomic mass is 19.3. The number of halogens is 2. The summed E-state index contributed by atoms with van der Waals surface area (Å²) in [5.74, 6) is -5.34. The van der Waals surface area contributed by atoms with Gasteiger partial charge in [0, 0.05) is 0 Å². The summed E-state index contributed by atoms with van der Waals surface area (Å²) in [6.45, 7) is 4.64. The Hall–Kier alpha value is -0.710. The maximum absolute atomic E-state index is 13.4. The van der Waals surface area contributed by atoms with Crippen LogP contribution in [0.2, 0.25) is 0 Å². The van der Waals surface area contributed by atoms with Crippen molar-refractivity contribution in [2.45, 2.75) is 51.2 Å². The normalized spacial score (nSPS) is 19.9. The number of carbonyl (C=O) groups excluding carboxylic acids is 1. The fraction of sp³-hybridized carbons (Fsp3) is 0.900. The molecule has 88 valence electrons. The molecule has 0 saturated heterocycles. The molecule has 1 saturated carbocycles. The fourth-order valence-electron chi connectivity index (χ4n) is 1.23. The molecule has 1 unspecified atom stereocenters. The quantitative estimate of drug-likeness (QED) is 0.738. The van der Waals surface area contributed by atoms with Crippen molar-refractivity contribution in [3.8, 4) is 0 Å². The van der Waals surface area contributed by atoms with Crippen LogP contribution in [0.25, 0.3) is 0 Å². The van der Waals surface area contributed by atoms with Crippen molar-refractivity contribution in [3.05, 3.63) is 0 Å². The zero-order valence-corrected chi connectivity index (χ0v) is 9.22. The highest BCUT2D eigenvalue weighted by molar-refractivity contribution is 5.79. The van der Waals surface area contributed by atoms with Gasteiger partial charge in [0.1, 0.15) is 5.60 Å². The number of esters is 1. The van der Waals surface area contributed by atoms with Gasteiger partial charge in [0.25, 0.3) is 0 Å². The van der Waals surface area contributed by atoms with E-state index in [1.54, 1.807) is 20.8 Å². The van der Waals surface area contributed by atoms with Crippen molar-refractivity contribution in [3.63, 3.8) is 0 Å². The van der Waals surface area contributed by atoms with E-state index in [2.05, 4.69) is 4.74 Å². The summed E-state index contributed by atoms with van der Waals surface area (Å²) in [4.78, 5) is 11.2. The van der Waals surface area contributed by atoms with Gasteiger partial charge < -0.3 is 10.5 Å². The van der Waals surface area contributed by atoms with Gasteiger partial charge in [-0.2, -0.15) is 8.78 Å². The fourth-order valence-corrected chi connectivity index (χ4v) is 1.23. The van der Waals surface area contributed by atoms with Crippen LogP contribution in [-0.4, -0.2) is 23.5 Å². The number of carbonyl (C=O) groups is 1. The Morgan fingerprint density at radius 2 is 1.87 bits per heavy atom. The lowest BCUT2D eigenvalue weighted by molar-refractivity contribution is -0.187. The van der Waals surface area contributed by atoms with E-state index in [-0.39, 0.29) is 5.92 Å². The van der Waals surface area contributed by atoms with Crippen LogP contribution in [-0.2, 0) is 9.53 Å². The van der Waals surface area contributed by atoms with E-state index in [0.29, 0.717) is 12.8 Å². The third kappa shape index (κ3) is 3.12. The predicted molar refractivity (Wildman–Crippen MR) is 51.5 cm³/mol. The topological polar surface area (TPSA) is 52.3 Å². The molecule has 0 bridgehead atoms. The van der Waals surface area contributed by atoms with E-state index in [1.807, 2.05) is 0 Å². The van der Waals surface area contributed by atoms with Gasteiger partial charge in [-0.3, -0.25) is 0 Å². The molecule has 0 amide bonds. The van der Waals surface area contributed by atoms with E-state index in [4.69, 9.17) is 5.73 Å². The van der Waals surface area contributed by atoms with Crippen LogP contribution in [0.5, 0.6) is 0 Å². The minimum Gasteiger partial charge on any atom is -0.455 e. The lowest BCUT2D eigenvalue weighted by Crippen LogP contribution is -2.50. The van der Waals surface area contributed by atoms with Crippen LogP contribution in [0, 0.1) is 5.92 Å². The summed E-state index contributed by atoms with van der Waals surface area (Å²) >= 11 is 0. The molecule has 1 aliphatic carbocycles. The van der Waals surface area contributed by atoms with Crippen LogP contribution in [0.15, 0.2) is 0 Å². The lowest BCUT2D eigenvalue weighted by Gasteiger charge is -2.26. The number of rotatable bonds is 3. The van der Waals surface area contributed by atoms with E-state index < -0.39 is 23.5 Å². The summed E-state index contributed by atoms with van der Waals surface area (Å²) < 4.78 is 31.5. The zero-order chi connectivity index (χ0) is 11.9. The van der Waals surface area contributed by atoms with Gasteiger partial charge in [-0.05, 0) is 39.5 Å². The van der Waals surface area contributed by atoms with Gasteiger partial charge in [0.15, 0.2) is 0 Å². The maximum Gasteiger partial charge on any atom is 0.379 e. The lowest BCUT2D eigenvalue weighted by atomic mass is 10.1. The standard InChI is InChI=1S/C10H17F2NO2/c1-9(2,3)15-8(14)10(11,12)7(13)6-4-5-6/h6-7H,4-5,13H2,1-3H3. The van der Waals surface area contributed by atoms with Gasteiger partial charge in [0.2, 0.25) is 0 Å². The Labute approximate surface area is 88.0 Å². The van der Waals surface area contributed by atoms with Gasteiger partial charge in [-0.15, -0.1) is 0 Å². The molecule has 2 N–H and O–H groups in total. The molecule has 0 aromatic heterocycles. The molecule has 0 aromatic rings. The minimum absolute atomic E-state index is 0.243. The molecule has 1 rings (SSSR count). The first-order valence-electron chi connectivity index (χ1n) is 5.01. The molecular weight excluding hydrogens is 204 g/mol. The Bertz CT molecular complexity index is 257. The first-order valence-corrected chi connectivity index (χ1v) is 5.01. The van der Waals surface area contributed by atoms with E-state index in [1.165, 1.54) is 0 Å². The van der Waals surface area contributed by atoms with Crippen LogP contribution in [0.4, 0.5) is 8.78 Å². The Morgan fingerprint density at radius 3 is 2.20 bits per heavy atom. The van der Waals surface area contributed by atoms with Gasteiger partial charge in [-0.25, -0.2) is 4.79 Å². The molecule has 0 aromatic carbocycles. The maximum atomic E-state index is 13.4. The summed E-state index contributed by atoms with van der Waals surface area (Å²) in [5, 5.41) is 0. The van der Waals surface area contributed by atoms with Gasteiger partial charge in [-0.1, -0.05) is 0 Å². The monoisotopic (exact) mass is 221 g/mol. The SMILES string of the molecule is CC(C)(C)OC(=O)C(F)(F)C(N)C1CC1. The van der Waals surface area contributed by atoms with Crippen molar-refractivity contribution in [2.24, 2.45) is 11.7 Å². The minimum atomic E-state index is -3.57. The van der Waals surface area contributed by atoms with Crippen molar-refractivity contribution in [2.75, 3.05) is 0 Å². The number of alkyl halides is 2. The molecule has 0 heterocycles. The molecule has 1 fully saturated rings. The van der Waals surface area contributed by atoms with Crippen LogP contribution >= 0.6 is 0 Å². The Kier molecular flexibility index (Phi) is 3.05. The molecule has 1 aliphatic rings. The van der Waals surface area contributed by atoms with Gasteiger partial charge >= 0.3 is 11.9 Å². The van der Waals surface area contributed by atoms with Crippen LogP contribution in [0.1, 0.15) is 33.6 Å². The number of hydrogen-bond acceptors (Lipinski definition) is 3. The average Bonchev–Trinajstić information content (AvgIpc) is 2.81. The Balaban J connectivity index is 2.63. The third-order valence-electron chi connectivity index (χ3n) is 2.22. The summed E-state index contributed by atoms with van der Waals surface area (Å²) in [7, 11) is 0. The molecule has 0 radical (unpaired) electrons. The average molecular weight is 221 g/mol. The van der Waals surface area contributed by atoms with Crippen molar-refractivity contribution >= 4 is 5.97 Å². The van der Waals surface area contributed by atoms with Crippen LogP contribution in [0.3, 0.4) is 0 Å². The zero-order valence-electron chi connectivity index (χ0n) is 9.22. The molecule has 1 atom stereocenters. The molecule has 0 spiro atoms. The summed E-state index contributed by atoms with van der Waals surface area (Å²) in [5.41, 5.74) is 4.41. The van der Waals surface area contributed by atoms with E-state index in [0.717, 1.165) is 0 Å². The van der Waals surface area contributed by atoms with Gasteiger partial charge in [0.05, 0.1) is 6.04 Å². The highest BCUT2D eigenvalue weighted by Crippen LogP contribution is 2.39. The highest BCUT2D eigenvalue weighted by Gasteiger charge is 2.53. The first kappa shape index (κ1) is 12.4. The first-order chi connectivity index (χ1) is 6.64. The molecule has 15 heavy (non-hydrogen) atoms. The summed E-state index contributed by atoms with van der Waals surface area (Å²) in [6.07, 6.45) is 1.33. The number of hydrogen-bond donors (Lipinski definition) is 1. The Morgan fingerprint density at radius 1 is 1.40 bits per heavy atom. The second-order valence-electron chi connectivity index (χ2n) is 4.99. The molecular formula is C10H17F2NO2. The molecule has 5 heteroatoms. The van der Waals surface area contributed by atoms with Crippen molar-refractivity contribution in [1.82, 2.24) is 0 Å². The smallest absolute Gasteiger partial charge is 0.379 e. The second kappa shape index (κ2) is 3.70. The number of ether oxygens (including phenoxy) is 1. The third-order valence-corrected chi connectivity index (χ3v) is 2.22. The van der Waals surface area contributed by atoms with Crippen molar-refractivity contribution in [1.29, 1.82) is 0 Å². The summed E-state index contributed by atoms with van der Waals surface area (Å²) in [6, 6.07) is -1.41. The van der Waals surface area contributed by atoms with E-state index >= 15 is 0 Å². The number of nitrogens with two attached hydrogens (primary N) is 1. The second-order valence-corrected chi connectivity index (χ2v) is 4.99. The molecule has 3 nitrogen and oxygen atoms in total. The molecule has 0 aliphatic heterocycles. The predicted octanol–water partition coefficient (Wildman–Crippen LogP) is 1.70. The largest absolute Gasteiger partial charge is 0.455 e. The van der Waals surface area contributed by atoms with Crippen molar-refractivity contribution < 1.29 is 18.3 Å². The van der Waals surface area contributed by atoms with E-state index in [9.17, 15) is 13.6 Å². The van der Waals surface area contributed by atoms with Crippen LogP contribution < -0.4 is 5.73 Å².